The molecule has 0 aliphatic rings. The van der Waals surface area contributed by atoms with Gasteiger partial charge in [-0.3, -0.25) is 9.59 Å². The number of hydrogen-bond donors (Lipinski definition) is 2. The molecule has 100 valence electrons. The molecule has 0 amide bonds. The standard InChI is InChI=1S/C13H24O4/c1-12(2,3)9(15)7-8(14)10(16)11(17)13(4,5)6/h8,11,14,17H,7H2,1-6H3. The number of carbonyl (C=O) groups is 2. The van der Waals surface area contributed by atoms with Crippen molar-refractivity contribution in [3.8, 4) is 0 Å². The molecule has 4 heteroatoms. The number of hydrogen-bond acceptors (Lipinski definition) is 4. The molecule has 2 unspecified atom stereocenters. The second kappa shape index (κ2) is 5.27. The van der Waals surface area contributed by atoms with Gasteiger partial charge in [-0.15, -0.1) is 0 Å². The fourth-order valence-corrected chi connectivity index (χ4v) is 1.19. The molecule has 0 spiro atoms. The van der Waals surface area contributed by atoms with Crippen LogP contribution >= 0.6 is 0 Å². The Hall–Kier alpha value is -0.740. The van der Waals surface area contributed by atoms with Crippen LogP contribution in [0.25, 0.3) is 0 Å². The molecule has 17 heavy (non-hydrogen) atoms. The first-order valence-electron chi connectivity index (χ1n) is 5.80. The molecule has 0 heterocycles. The summed E-state index contributed by atoms with van der Waals surface area (Å²) in [5, 5.41) is 19.4. The summed E-state index contributed by atoms with van der Waals surface area (Å²) in [7, 11) is 0. The fraction of sp³-hybridized carbons (Fsp3) is 0.846. The predicted molar refractivity (Wildman–Crippen MR) is 65.6 cm³/mol. The molecule has 0 aliphatic carbocycles. The molecule has 0 aliphatic heterocycles. The zero-order valence-corrected chi connectivity index (χ0v) is 11.6. The van der Waals surface area contributed by atoms with Gasteiger partial charge in [0.05, 0.1) is 0 Å². The average Bonchev–Trinajstić information content (AvgIpc) is 2.12. The quantitative estimate of drug-likeness (QED) is 0.782. The average molecular weight is 244 g/mol. The van der Waals surface area contributed by atoms with E-state index in [2.05, 4.69) is 0 Å². The van der Waals surface area contributed by atoms with Crippen molar-refractivity contribution in [1.29, 1.82) is 0 Å². The lowest BCUT2D eigenvalue weighted by Crippen LogP contribution is -2.42. The van der Waals surface area contributed by atoms with Gasteiger partial charge < -0.3 is 10.2 Å². The van der Waals surface area contributed by atoms with Gasteiger partial charge in [-0.05, 0) is 5.41 Å². The zero-order valence-electron chi connectivity index (χ0n) is 11.6. The molecule has 0 fully saturated rings. The Morgan fingerprint density at radius 2 is 1.41 bits per heavy atom. The number of Topliss-reactive ketones (excluding diaryl/α,β-unsaturated/α-hetero) is 2. The van der Waals surface area contributed by atoms with Gasteiger partial charge in [-0.1, -0.05) is 41.5 Å². The Labute approximate surface area is 103 Å². The zero-order chi connectivity index (χ0) is 14.0. The minimum Gasteiger partial charge on any atom is -0.385 e. The van der Waals surface area contributed by atoms with Crippen LogP contribution in [0.2, 0.25) is 0 Å². The van der Waals surface area contributed by atoms with E-state index in [1.165, 1.54) is 0 Å². The normalized spacial score (nSPS) is 16.5. The molecule has 2 N–H and O–H groups in total. The van der Waals surface area contributed by atoms with Crippen LogP contribution in [0, 0.1) is 10.8 Å². The maximum absolute atomic E-state index is 11.7. The van der Waals surface area contributed by atoms with E-state index in [4.69, 9.17) is 0 Å². The molecule has 0 bridgehead atoms. The first kappa shape index (κ1) is 16.3. The maximum Gasteiger partial charge on any atom is 0.190 e. The van der Waals surface area contributed by atoms with Crippen LogP contribution in [0.3, 0.4) is 0 Å². The van der Waals surface area contributed by atoms with E-state index in [1.807, 2.05) is 0 Å². The van der Waals surface area contributed by atoms with Crippen molar-refractivity contribution < 1.29 is 19.8 Å². The Balaban J connectivity index is 4.59. The molecule has 0 radical (unpaired) electrons. The third kappa shape index (κ3) is 4.96. The van der Waals surface area contributed by atoms with Crippen LogP contribution in [0.5, 0.6) is 0 Å². The predicted octanol–water partition coefficient (Wildman–Crippen LogP) is 1.33. The summed E-state index contributed by atoms with van der Waals surface area (Å²) in [6.07, 6.45) is -2.92. The Morgan fingerprint density at radius 3 is 1.71 bits per heavy atom. The van der Waals surface area contributed by atoms with Gasteiger partial charge in [0.15, 0.2) is 5.78 Å². The van der Waals surface area contributed by atoms with E-state index in [0.29, 0.717) is 0 Å². The first-order chi connectivity index (χ1) is 7.37. The molecule has 0 aromatic carbocycles. The van der Waals surface area contributed by atoms with Gasteiger partial charge >= 0.3 is 0 Å². The summed E-state index contributed by atoms with van der Waals surface area (Å²) in [6, 6.07) is 0. The van der Waals surface area contributed by atoms with Crippen molar-refractivity contribution in [1.82, 2.24) is 0 Å². The summed E-state index contributed by atoms with van der Waals surface area (Å²) < 4.78 is 0. The first-order valence-corrected chi connectivity index (χ1v) is 5.80. The van der Waals surface area contributed by atoms with Crippen molar-refractivity contribution in [2.45, 2.75) is 60.2 Å². The molecule has 4 nitrogen and oxygen atoms in total. The van der Waals surface area contributed by atoms with Crippen LogP contribution in [-0.4, -0.2) is 34.0 Å². The molecule has 0 saturated heterocycles. The molecule has 0 saturated carbocycles. The second-order valence-electron chi connectivity index (χ2n) is 6.56. The number of ketones is 2. The van der Waals surface area contributed by atoms with E-state index < -0.39 is 28.8 Å². The highest BCUT2D eigenvalue weighted by Gasteiger charge is 2.35. The third-order valence-corrected chi connectivity index (χ3v) is 2.63. The Bertz CT molecular complexity index is 294. The largest absolute Gasteiger partial charge is 0.385 e. The summed E-state index contributed by atoms with van der Waals surface area (Å²) in [4.78, 5) is 23.4. The van der Waals surface area contributed by atoms with E-state index in [1.54, 1.807) is 41.5 Å². The molecular weight excluding hydrogens is 220 g/mol. The Morgan fingerprint density at radius 1 is 1.00 bits per heavy atom. The summed E-state index contributed by atoms with van der Waals surface area (Å²) in [5.74, 6) is -0.880. The molecule has 2 atom stereocenters. The third-order valence-electron chi connectivity index (χ3n) is 2.63. The van der Waals surface area contributed by atoms with Crippen molar-refractivity contribution in [3.05, 3.63) is 0 Å². The number of carbonyl (C=O) groups excluding carboxylic acids is 2. The smallest absolute Gasteiger partial charge is 0.190 e. The molecule has 0 aromatic rings. The van der Waals surface area contributed by atoms with Crippen LogP contribution in [-0.2, 0) is 9.59 Å². The monoisotopic (exact) mass is 244 g/mol. The summed E-state index contributed by atoms with van der Waals surface area (Å²) >= 11 is 0. The van der Waals surface area contributed by atoms with E-state index in [9.17, 15) is 19.8 Å². The minimum atomic E-state index is -1.42. The van der Waals surface area contributed by atoms with Gasteiger partial charge in [-0.25, -0.2) is 0 Å². The number of rotatable bonds is 4. The molecule has 0 aromatic heterocycles. The van der Waals surface area contributed by atoms with Crippen LogP contribution < -0.4 is 0 Å². The van der Waals surface area contributed by atoms with Crippen LogP contribution in [0.1, 0.15) is 48.0 Å². The number of aliphatic hydroxyl groups is 2. The minimum absolute atomic E-state index is 0.195. The lowest BCUT2D eigenvalue weighted by Gasteiger charge is -2.27. The summed E-state index contributed by atoms with van der Waals surface area (Å²) in [5.41, 5.74) is -1.23. The molecule has 0 rings (SSSR count). The summed E-state index contributed by atoms with van der Waals surface area (Å²) in [6.45, 7) is 10.3. The lowest BCUT2D eigenvalue weighted by atomic mass is 9.82. The highest BCUT2D eigenvalue weighted by Crippen LogP contribution is 2.23. The number of aliphatic hydroxyl groups excluding tert-OH is 2. The van der Waals surface area contributed by atoms with Crippen LogP contribution in [0.4, 0.5) is 0 Å². The SMILES string of the molecule is CC(C)(C)C(=O)CC(O)C(=O)C(O)C(C)(C)C. The van der Waals surface area contributed by atoms with Crippen molar-refractivity contribution in [3.63, 3.8) is 0 Å². The van der Waals surface area contributed by atoms with E-state index in [0.717, 1.165) is 0 Å². The van der Waals surface area contributed by atoms with E-state index in [-0.39, 0.29) is 12.2 Å². The van der Waals surface area contributed by atoms with Crippen molar-refractivity contribution in [2.75, 3.05) is 0 Å². The van der Waals surface area contributed by atoms with Gasteiger partial charge in [0.2, 0.25) is 0 Å². The highest BCUT2D eigenvalue weighted by molar-refractivity contribution is 5.93. The van der Waals surface area contributed by atoms with Gasteiger partial charge in [0.25, 0.3) is 0 Å². The second-order valence-corrected chi connectivity index (χ2v) is 6.56. The van der Waals surface area contributed by atoms with E-state index >= 15 is 0 Å². The topological polar surface area (TPSA) is 74.6 Å². The lowest BCUT2D eigenvalue weighted by molar-refractivity contribution is -0.144. The van der Waals surface area contributed by atoms with Crippen molar-refractivity contribution in [2.24, 2.45) is 10.8 Å². The van der Waals surface area contributed by atoms with Crippen LogP contribution in [0.15, 0.2) is 0 Å². The van der Waals surface area contributed by atoms with Gasteiger partial charge in [0.1, 0.15) is 18.0 Å². The Kier molecular flexibility index (Phi) is 5.04. The maximum atomic E-state index is 11.7. The van der Waals surface area contributed by atoms with Gasteiger partial charge in [-0.2, -0.15) is 0 Å². The fourth-order valence-electron chi connectivity index (χ4n) is 1.19. The van der Waals surface area contributed by atoms with Gasteiger partial charge in [0, 0.05) is 11.8 Å². The molecular formula is C13H24O4. The highest BCUT2D eigenvalue weighted by atomic mass is 16.3. The van der Waals surface area contributed by atoms with Crippen molar-refractivity contribution >= 4 is 11.6 Å².